The fourth-order valence-electron chi connectivity index (χ4n) is 6.24. The number of aromatic hydroxyl groups is 2. The molecule has 27 nitrogen and oxygen atoms in total. The topological polar surface area (TPSA) is 432 Å². The van der Waals surface area contributed by atoms with Gasteiger partial charge in [-0.05, 0) is 79.3 Å². The van der Waals surface area contributed by atoms with Gasteiger partial charge in [0.1, 0.15) is 23.1 Å². The lowest BCUT2D eigenvalue weighted by atomic mass is 10.0. The van der Waals surface area contributed by atoms with Crippen LogP contribution in [0.25, 0.3) is 0 Å². The Kier molecular flexibility index (Phi) is 42.1. The first-order valence-electron chi connectivity index (χ1n) is 25.5. The lowest BCUT2D eigenvalue weighted by molar-refractivity contribution is -0.888. The fourth-order valence-corrected chi connectivity index (χ4v) is 6.24. The number of aliphatic carboxylic acids is 7. The van der Waals surface area contributed by atoms with Crippen molar-refractivity contribution in [3.05, 3.63) is 89.0 Å². The van der Waals surface area contributed by atoms with Gasteiger partial charge in [0.15, 0.2) is 36.9 Å². The first kappa shape index (κ1) is 86.2. The molecular weight excluding hydrogens is 1210 g/mol. The molecular formula is C56H75F6N4O23+. The molecule has 33 heteroatoms. The number of hydrogen-bond donors (Lipinski definition) is 10. The van der Waals surface area contributed by atoms with Crippen LogP contribution in [-0.4, -0.2) is 229 Å². The quantitative estimate of drug-likeness (QED) is 0.0167. The minimum atomic E-state index is -5.43. The molecule has 89 heavy (non-hydrogen) atoms. The highest BCUT2D eigenvalue weighted by molar-refractivity contribution is 6.07. The second-order valence-corrected chi connectivity index (χ2v) is 19.2. The average molecular weight is 1290 g/mol. The van der Waals surface area contributed by atoms with E-state index in [-0.39, 0.29) is 80.7 Å². The summed E-state index contributed by atoms with van der Waals surface area (Å²) in [5.41, 5.74) is 3.41. The van der Waals surface area contributed by atoms with Gasteiger partial charge in [0.25, 0.3) is 0 Å². The van der Waals surface area contributed by atoms with Crippen LogP contribution in [0.15, 0.2) is 66.7 Å². The number of Topliss-reactive ketones (excluding diaryl/α,β-unsaturated/α-hetero) is 6. The summed E-state index contributed by atoms with van der Waals surface area (Å²) >= 11 is 0. The zero-order valence-electron chi connectivity index (χ0n) is 50.1. The Balaban J connectivity index is -0.000000479. The molecule has 0 aromatic heterocycles. The number of quaternary nitrogens is 1. The van der Waals surface area contributed by atoms with Gasteiger partial charge in [-0.15, -0.1) is 0 Å². The van der Waals surface area contributed by atoms with Gasteiger partial charge >= 0.3 is 54.1 Å². The van der Waals surface area contributed by atoms with E-state index < -0.39 is 102 Å². The molecule has 0 heterocycles. The molecule has 0 aliphatic rings. The molecule has 0 amide bonds. The van der Waals surface area contributed by atoms with Crippen LogP contribution in [0.4, 0.5) is 26.3 Å². The number of aryl methyl sites for hydroxylation is 2. The highest BCUT2D eigenvalue weighted by Gasteiger charge is 2.51. The van der Waals surface area contributed by atoms with E-state index in [9.17, 15) is 88.7 Å². The summed E-state index contributed by atoms with van der Waals surface area (Å²) in [7, 11) is 4.51. The van der Waals surface area contributed by atoms with Crippen molar-refractivity contribution in [2.45, 2.75) is 73.8 Å². The number of benzene rings is 3. The molecule has 3 aromatic rings. The number of methoxy groups -OCH3 is 1. The van der Waals surface area contributed by atoms with Gasteiger partial charge in [0, 0.05) is 30.8 Å². The number of carbonyl (C=O) groups excluding carboxylic acids is 6. The minimum absolute atomic E-state index is 0.00304. The molecule has 0 unspecified atom stereocenters. The summed E-state index contributed by atoms with van der Waals surface area (Å²) in [5.74, 6) is -16.2. The first-order chi connectivity index (χ1) is 40.7. The van der Waals surface area contributed by atoms with E-state index in [2.05, 4.69) is 5.32 Å². The van der Waals surface area contributed by atoms with Crippen molar-refractivity contribution in [1.29, 1.82) is 0 Å². The second-order valence-electron chi connectivity index (χ2n) is 19.2. The number of rotatable bonds is 27. The lowest BCUT2D eigenvalue weighted by Crippen LogP contribution is -2.53. The largest absolute Gasteiger partial charge is 0.504 e. The molecule has 0 atom stereocenters. The Morgan fingerprint density at radius 1 is 0.551 bits per heavy atom. The smallest absolute Gasteiger partial charge is 0.450 e. The fraction of sp³-hybridized carbons (Fsp3) is 0.446. The van der Waals surface area contributed by atoms with Crippen molar-refractivity contribution in [3.8, 4) is 17.2 Å². The minimum Gasteiger partial charge on any atom is -0.504 e. The SMILES string of the molecule is CC(=O)C(C)C(C)=O.CC(=O)CC(=O)c1ccc(C)cc1.CC(C(=O)C(F)(F)F)C(=O)C(F)(F)F.CNCCN(CC(=O)O)CC(=O)O.COc1ccccc1CN(CC(=O)O)CC(=O)O.C[N+](CC(=O)O)(CC(=O)O)CC(=O)O.Cc1ccc(O)c(O)c1. The number of carbonyl (C=O) groups is 13. The zero-order valence-corrected chi connectivity index (χ0v) is 50.1. The molecule has 0 radical (unpaired) electrons. The molecule has 0 aliphatic heterocycles. The molecule has 0 saturated heterocycles. The summed E-state index contributed by atoms with van der Waals surface area (Å²) in [4.78, 5) is 139. The van der Waals surface area contributed by atoms with Gasteiger partial charge in [-0.2, -0.15) is 26.3 Å². The number of carboxylic acid groups (broad SMARTS) is 7. The van der Waals surface area contributed by atoms with Crippen LogP contribution in [0.1, 0.15) is 68.1 Å². The second kappa shape index (κ2) is 43.4. The Morgan fingerprint density at radius 3 is 1.24 bits per heavy atom. The Bertz CT molecular complexity index is 2730. The summed E-state index contributed by atoms with van der Waals surface area (Å²) < 4.78 is 74.1. The third-order valence-corrected chi connectivity index (χ3v) is 10.7. The lowest BCUT2D eigenvalue weighted by Gasteiger charge is -2.28. The number of likely N-dealkylation sites (N-methyl/N-ethyl adjacent to an activating group) is 2. The van der Waals surface area contributed by atoms with Gasteiger partial charge in [-0.1, -0.05) is 54.1 Å². The highest BCUT2D eigenvalue weighted by Crippen LogP contribution is 2.27. The predicted octanol–water partition coefficient (Wildman–Crippen LogP) is 4.28. The van der Waals surface area contributed by atoms with E-state index in [0.29, 0.717) is 24.4 Å². The van der Waals surface area contributed by atoms with E-state index in [0.717, 1.165) is 16.7 Å². The van der Waals surface area contributed by atoms with Gasteiger partial charge in [0.05, 0.1) is 58.6 Å². The number of nitrogens with one attached hydrogen (secondary N) is 1. The molecule has 498 valence electrons. The van der Waals surface area contributed by atoms with Crippen molar-refractivity contribution < 1.29 is 144 Å². The van der Waals surface area contributed by atoms with Crippen LogP contribution >= 0.6 is 0 Å². The van der Waals surface area contributed by atoms with E-state index in [1.54, 1.807) is 56.4 Å². The standard InChI is InChI=1S/C12H15NO5.C11H12O2.C7H14N2O4.C7H11NO6.C7H8O2.C6H4F6O2.C6H10O2/c1-18-10-5-3-2-4-9(10)6-13(7-11(14)15)8-12(16)17;1-8-3-5-10(6-4-8)11(13)7-9(2)12;1-8-2-3-9(4-6(10)11)5-7(12)13;1-8(2-5(9)10,3-6(11)12)4-7(13)14;1-5-2-3-6(8)7(9)4-5;1-2(3(13)5(7,8)9)4(14)6(10,11)12;1-4(5(2)7)6(3)8/h2-5H,6-8H2,1H3,(H,14,15)(H,16,17);3-6H,7H2,1-2H3;8H,2-5H2,1H3,(H,10,11)(H,12,13);2-4H2,1H3,(H2-,9,10,11,12,13,14);2-4,8-9H,1H3;2H,1H3;4H,1-3H3/p+1. The maximum absolute atomic E-state index is 11.6. The third kappa shape index (κ3) is 44.8. The summed E-state index contributed by atoms with van der Waals surface area (Å²) in [6.07, 6.45) is -10.9. The normalized spacial score (nSPS) is 10.6. The number of ketones is 6. The van der Waals surface area contributed by atoms with Crippen LogP contribution in [-0.2, 0) is 64.1 Å². The number of alkyl halides is 6. The Hall–Kier alpha value is -9.21. The summed E-state index contributed by atoms with van der Waals surface area (Å²) in [6, 6.07) is 19.0. The molecule has 3 aromatic carbocycles. The predicted molar refractivity (Wildman–Crippen MR) is 300 cm³/mol. The van der Waals surface area contributed by atoms with Crippen molar-refractivity contribution in [2.24, 2.45) is 11.8 Å². The highest BCUT2D eigenvalue weighted by atomic mass is 19.4. The Morgan fingerprint density at radius 2 is 0.933 bits per heavy atom. The van der Waals surface area contributed by atoms with Crippen LogP contribution in [0, 0.1) is 25.7 Å². The van der Waals surface area contributed by atoms with E-state index in [1.165, 1.54) is 56.9 Å². The molecule has 0 bridgehead atoms. The molecule has 0 fully saturated rings. The van der Waals surface area contributed by atoms with Gasteiger partial charge < -0.3 is 56.0 Å². The Labute approximate surface area is 506 Å². The van der Waals surface area contributed by atoms with Crippen LogP contribution in [0.2, 0.25) is 0 Å². The van der Waals surface area contributed by atoms with Gasteiger partial charge in [0.2, 0.25) is 11.6 Å². The summed E-state index contributed by atoms with van der Waals surface area (Å²) in [6.45, 7) is 8.42. The first-order valence-corrected chi connectivity index (χ1v) is 25.5. The van der Waals surface area contributed by atoms with Crippen molar-refractivity contribution >= 4 is 76.5 Å². The number of halogens is 6. The van der Waals surface area contributed by atoms with Crippen LogP contribution in [0.5, 0.6) is 17.2 Å². The molecule has 0 spiro atoms. The zero-order chi connectivity index (χ0) is 70.3. The number of phenolic OH excluding ortho intramolecular Hbond substituents is 2. The van der Waals surface area contributed by atoms with Gasteiger partial charge in [-0.25, -0.2) is 14.4 Å². The van der Waals surface area contributed by atoms with E-state index in [1.807, 2.05) is 26.0 Å². The number of ether oxygens (including phenoxy) is 1. The number of hydrogen-bond acceptors (Lipinski definition) is 19. The van der Waals surface area contributed by atoms with Crippen molar-refractivity contribution in [3.63, 3.8) is 0 Å². The van der Waals surface area contributed by atoms with Crippen LogP contribution < -0.4 is 10.1 Å². The summed E-state index contributed by atoms with van der Waals surface area (Å²) in [5, 5.41) is 80.2. The van der Waals surface area contributed by atoms with Crippen molar-refractivity contribution in [1.82, 2.24) is 15.1 Å². The van der Waals surface area contributed by atoms with Crippen molar-refractivity contribution in [2.75, 3.05) is 80.1 Å². The molecule has 10 N–H and O–H groups in total. The number of para-hydroxylation sites is 1. The monoisotopic (exact) mass is 1290 g/mol. The van der Waals surface area contributed by atoms with E-state index in [4.69, 9.17) is 50.7 Å². The van der Waals surface area contributed by atoms with Gasteiger partial charge in [-0.3, -0.25) is 62.2 Å². The maximum atomic E-state index is 11.6. The van der Waals surface area contributed by atoms with Crippen LogP contribution in [0.3, 0.4) is 0 Å². The molecule has 0 saturated carbocycles. The number of phenols is 2. The van der Waals surface area contributed by atoms with E-state index >= 15 is 0 Å². The average Bonchev–Trinajstić information content (AvgIpc) is 3.46. The number of carboxylic acids is 7. The maximum Gasteiger partial charge on any atom is 0.450 e. The third-order valence-electron chi connectivity index (χ3n) is 10.7. The molecule has 0 aliphatic carbocycles. The molecule has 3 rings (SSSR count). The number of nitrogens with zero attached hydrogens (tertiary/aromatic N) is 3.